The fraction of sp³-hybridized carbons (Fsp3) is 0.286. The Morgan fingerprint density at radius 1 is 1.00 bits per heavy atom. The molecule has 0 spiro atoms. The Labute approximate surface area is 205 Å². The van der Waals surface area contributed by atoms with Gasteiger partial charge < -0.3 is 9.47 Å². The van der Waals surface area contributed by atoms with Gasteiger partial charge in [-0.2, -0.15) is 4.98 Å². The van der Waals surface area contributed by atoms with E-state index in [-0.39, 0.29) is 18.1 Å². The fourth-order valence-electron chi connectivity index (χ4n) is 3.85. The molecule has 0 fully saturated rings. The number of nitrogens with zero attached hydrogens (tertiary/aromatic N) is 4. The van der Waals surface area contributed by atoms with Crippen molar-refractivity contribution in [3.05, 3.63) is 93.4 Å². The molecule has 2 aromatic heterocycles. The number of aromatic nitrogens is 4. The molecule has 0 bridgehead atoms. The van der Waals surface area contributed by atoms with Crippen LogP contribution in [0.15, 0.2) is 59.5 Å². The van der Waals surface area contributed by atoms with E-state index in [1.54, 1.807) is 24.8 Å². The third kappa shape index (κ3) is 5.09. The second-order valence-electron chi connectivity index (χ2n) is 8.83. The SMILES string of the molecule is COc1cccc(COc2nc(C)n(-c3cc(-c4ccnc(C(C)C)n4)ccc3C)c(=O)c2C)c1. The van der Waals surface area contributed by atoms with Crippen molar-refractivity contribution in [2.24, 2.45) is 0 Å². The topological polar surface area (TPSA) is 79.1 Å². The van der Waals surface area contributed by atoms with Crippen LogP contribution in [0.4, 0.5) is 0 Å². The highest BCUT2D eigenvalue weighted by molar-refractivity contribution is 5.64. The Balaban J connectivity index is 1.70. The smallest absolute Gasteiger partial charge is 0.264 e. The van der Waals surface area contributed by atoms with E-state index in [0.29, 0.717) is 17.3 Å². The van der Waals surface area contributed by atoms with Crippen LogP contribution in [0, 0.1) is 20.8 Å². The molecule has 0 amide bonds. The zero-order valence-electron chi connectivity index (χ0n) is 21.0. The highest BCUT2D eigenvalue weighted by Gasteiger charge is 2.17. The molecule has 180 valence electrons. The van der Waals surface area contributed by atoms with Crippen molar-refractivity contribution in [1.82, 2.24) is 19.5 Å². The Hall–Kier alpha value is -4.00. The van der Waals surface area contributed by atoms with Crippen LogP contribution in [0.5, 0.6) is 11.6 Å². The van der Waals surface area contributed by atoms with E-state index in [0.717, 1.165) is 39.6 Å². The number of aryl methyl sites for hydroxylation is 2. The molecule has 0 N–H and O–H groups in total. The zero-order chi connectivity index (χ0) is 25.1. The Kier molecular flexibility index (Phi) is 6.96. The molecule has 7 heteroatoms. The monoisotopic (exact) mass is 470 g/mol. The maximum Gasteiger partial charge on any atom is 0.264 e. The first kappa shape index (κ1) is 24.1. The molecule has 0 aliphatic carbocycles. The third-order valence-electron chi connectivity index (χ3n) is 5.88. The molecule has 0 saturated carbocycles. The van der Waals surface area contributed by atoms with E-state index in [1.165, 1.54) is 0 Å². The second kappa shape index (κ2) is 10.1. The summed E-state index contributed by atoms with van der Waals surface area (Å²) >= 11 is 0. The van der Waals surface area contributed by atoms with Gasteiger partial charge in [0.2, 0.25) is 5.88 Å². The summed E-state index contributed by atoms with van der Waals surface area (Å²) < 4.78 is 12.8. The minimum Gasteiger partial charge on any atom is -0.497 e. The maximum absolute atomic E-state index is 13.5. The molecule has 0 unspecified atom stereocenters. The van der Waals surface area contributed by atoms with Crippen LogP contribution in [0.25, 0.3) is 16.9 Å². The standard InChI is InChI=1S/C28H30N4O3/c1-17(2)26-29-13-12-24(31-26)22-11-10-18(3)25(15-22)32-20(5)30-27(19(4)28(32)33)35-16-21-8-7-9-23(14-21)34-6/h7-15,17H,16H2,1-6H3. The number of benzene rings is 2. The van der Waals surface area contributed by atoms with Crippen LogP contribution < -0.4 is 15.0 Å². The first-order valence-electron chi connectivity index (χ1n) is 11.6. The molecule has 0 radical (unpaired) electrons. The molecule has 2 aromatic carbocycles. The lowest BCUT2D eigenvalue weighted by Crippen LogP contribution is -2.26. The summed E-state index contributed by atoms with van der Waals surface area (Å²) in [7, 11) is 1.62. The van der Waals surface area contributed by atoms with Gasteiger partial charge in [-0.3, -0.25) is 9.36 Å². The Morgan fingerprint density at radius 3 is 2.54 bits per heavy atom. The number of rotatable bonds is 7. The van der Waals surface area contributed by atoms with Crippen molar-refractivity contribution < 1.29 is 9.47 Å². The summed E-state index contributed by atoms with van der Waals surface area (Å²) in [6.07, 6.45) is 1.77. The van der Waals surface area contributed by atoms with Crippen molar-refractivity contribution in [3.8, 4) is 28.6 Å². The van der Waals surface area contributed by atoms with Crippen LogP contribution in [0.3, 0.4) is 0 Å². The lowest BCUT2D eigenvalue weighted by Gasteiger charge is -2.17. The van der Waals surface area contributed by atoms with E-state index < -0.39 is 0 Å². The minimum atomic E-state index is -0.163. The van der Waals surface area contributed by atoms with Crippen molar-refractivity contribution in [3.63, 3.8) is 0 Å². The number of methoxy groups -OCH3 is 1. The van der Waals surface area contributed by atoms with Crippen LogP contribution in [-0.2, 0) is 6.61 Å². The molecule has 35 heavy (non-hydrogen) atoms. The number of hydrogen-bond acceptors (Lipinski definition) is 6. The molecule has 0 saturated heterocycles. The van der Waals surface area contributed by atoms with Crippen LogP contribution in [0.1, 0.15) is 48.1 Å². The van der Waals surface area contributed by atoms with Crippen molar-refractivity contribution in [2.75, 3.05) is 7.11 Å². The quantitative estimate of drug-likeness (QED) is 0.363. The molecule has 0 atom stereocenters. The van der Waals surface area contributed by atoms with Gasteiger partial charge in [0.05, 0.1) is 24.1 Å². The van der Waals surface area contributed by atoms with Crippen LogP contribution in [0.2, 0.25) is 0 Å². The first-order chi connectivity index (χ1) is 16.8. The van der Waals surface area contributed by atoms with Gasteiger partial charge in [0.1, 0.15) is 24.0 Å². The van der Waals surface area contributed by atoms with Crippen molar-refractivity contribution in [2.45, 2.75) is 47.1 Å². The van der Waals surface area contributed by atoms with E-state index >= 15 is 0 Å². The van der Waals surface area contributed by atoms with Gasteiger partial charge in [0.25, 0.3) is 5.56 Å². The largest absolute Gasteiger partial charge is 0.497 e. The van der Waals surface area contributed by atoms with Gasteiger partial charge in [0.15, 0.2) is 0 Å². The molecular formula is C28H30N4O3. The Morgan fingerprint density at radius 2 is 1.80 bits per heavy atom. The van der Waals surface area contributed by atoms with Gasteiger partial charge in [-0.05, 0) is 56.2 Å². The molecule has 4 rings (SSSR count). The lowest BCUT2D eigenvalue weighted by molar-refractivity contribution is 0.288. The summed E-state index contributed by atoms with van der Waals surface area (Å²) in [6.45, 7) is 9.95. The van der Waals surface area contributed by atoms with Crippen LogP contribution in [-0.4, -0.2) is 26.6 Å². The summed E-state index contributed by atoms with van der Waals surface area (Å²) in [5.74, 6) is 2.64. The first-order valence-corrected chi connectivity index (χ1v) is 11.6. The van der Waals surface area contributed by atoms with E-state index in [9.17, 15) is 4.79 Å². The number of hydrogen-bond donors (Lipinski definition) is 0. The summed E-state index contributed by atoms with van der Waals surface area (Å²) in [6, 6.07) is 15.5. The molecule has 0 aliphatic rings. The van der Waals surface area contributed by atoms with E-state index in [4.69, 9.17) is 14.5 Å². The average Bonchev–Trinajstić information content (AvgIpc) is 2.86. The summed E-state index contributed by atoms with van der Waals surface area (Å²) in [5.41, 5.74) is 4.68. The van der Waals surface area contributed by atoms with Crippen molar-refractivity contribution in [1.29, 1.82) is 0 Å². The highest BCUT2D eigenvalue weighted by Crippen LogP contribution is 2.25. The lowest BCUT2D eigenvalue weighted by atomic mass is 10.1. The van der Waals surface area contributed by atoms with Gasteiger partial charge in [-0.15, -0.1) is 0 Å². The van der Waals surface area contributed by atoms with E-state index in [1.807, 2.05) is 62.4 Å². The molecular weight excluding hydrogens is 440 g/mol. The Bertz CT molecular complexity index is 1430. The molecule has 2 heterocycles. The average molecular weight is 471 g/mol. The van der Waals surface area contributed by atoms with Crippen LogP contribution >= 0.6 is 0 Å². The maximum atomic E-state index is 13.5. The summed E-state index contributed by atoms with van der Waals surface area (Å²) in [4.78, 5) is 27.2. The highest BCUT2D eigenvalue weighted by atomic mass is 16.5. The fourth-order valence-corrected chi connectivity index (χ4v) is 3.85. The second-order valence-corrected chi connectivity index (χ2v) is 8.83. The number of ether oxygens (including phenoxy) is 2. The zero-order valence-corrected chi connectivity index (χ0v) is 21.0. The van der Waals surface area contributed by atoms with Gasteiger partial charge >= 0.3 is 0 Å². The van der Waals surface area contributed by atoms with Gasteiger partial charge in [-0.1, -0.05) is 38.1 Å². The molecule has 0 aliphatic heterocycles. The predicted molar refractivity (Wildman–Crippen MR) is 136 cm³/mol. The van der Waals surface area contributed by atoms with E-state index in [2.05, 4.69) is 23.8 Å². The minimum absolute atomic E-state index is 0.163. The molecule has 7 nitrogen and oxygen atoms in total. The normalized spacial score (nSPS) is 11.1. The van der Waals surface area contributed by atoms with Gasteiger partial charge in [-0.25, -0.2) is 9.97 Å². The molecule has 4 aromatic rings. The summed E-state index contributed by atoms with van der Waals surface area (Å²) in [5, 5.41) is 0. The predicted octanol–water partition coefficient (Wildman–Crippen LogP) is 5.33. The third-order valence-corrected chi connectivity index (χ3v) is 5.88. The van der Waals surface area contributed by atoms with Gasteiger partial charge in [0, 0.05) is 17.7 Å². The van der Waals surface area contributed by atoms with Crippen molar-refractivity contribution >= 4 is 0 Å².